The van der Waals surface area contributed by atoms with Crippen molar-refractivity contribution in [3.63, 3.8) is 0 Å². The molecule has 0 saturated heterocycles. The van der Waals surface area contributed by atoms with Crippen LogP contribution in [0, 0.1) is 0 Å². The van der Waals surface area contributed by atoms with E-state index < -0.39 is 0 Å². The molecule has 21 heavy (non-hydrogen) atoms. The second kappa shape index (κ2) is 6.54. The van der Waals surface area contributed by atoms with Crippen LogP contribution in [-0.2, 0) is 0 Å². The van der Waals surface area contributed by atoms with Gasteiger partial charge in [0.15, 0.2) is 5.22 Å². The molecule has 0 bridgehead atoms. The van der Waals surface area contributed by atoms with Crippen molar-refractivity contribution >= 4 is 11.6 Å². The number of hydrogen-bond donors (Lipinski definition) is 1. The maximum atomic E-state index is 6.16. The summed E-state index contributed by atoms with van der Waals surface area (Å²) in [5.41, 5.74) is 2.11. The van der Waals surface area contributed by atoms with E-state index in [2.05, 4.69) is 24.4 Å². The molecule has 1 aliphatic rings. The molecule has 3 nitrogen and oxygen atoms in total. The first kappa shape index (κ1) is 14.5. The summed E-state index contributed by atoms with van der Waals surface area (Å²) in [6, 6.07) is 10.2. The molecule has 3 rings (SSSR count). The first-order valence-corrected chi connectivity index (χ1v) is 7.88. The fourth-order valence-electron chi connectivity index (χ4n) is 2.35. The van der Waals surface area contributed by atoms with Crippen molar-refractivity contribution in [1.29, 1.82) is 0 Å². The van der Waals surface area contributed by atoms with Crippen molar-refractivity contribution < 1.29 is 9.15 Å². The van der Waals surface area contributed by atoms with Crippen LogP contribution < -0.4 is 10.1 Å². The first-order chi connectivity index (χ1) is 10.3. The molecule has 1 heterocycles. The topological polar surface area (TPSA) is 34.4 Å². The standard InChI is InChI=1S/C17H20ClNO2/c1-2-9-19-16(15-8-10-20-17(15)18)12-4-3-5-14(11-12)21-13-6-7-13/h3-5,8,10-11,13,16,19H,2,6-7,9H2,1H3. The summed E-state index contributed by atoms with van der Waals surface area (Å²) in [5, 5.41) is 3.97. The van der Waals surface area contributed by atoms with Crippen LogP contribution in [0.2, 0.25) is 5.22 Å². The summed E-state index contributed by atoms with van der Waals surface area (Å²) in [6.45, 7) is 3.06. The second-order valence-electron chi connectivity index (χ2n) is 5.43. The molecule has 0 amide bonds. The van der Waals surface area contributed by atoms with E-state index in [-0.39, 0.29) is 6.04 Å². The maximum Gasteiger partial charge on any atom is 0.198 e. The molecule has 4 heteroatoms. The number of hydrogen-bond acceptors (Lipinski definition) is 3. The third-order valence-electron chi connectivity index (χ3n) is 3.57. The quantitative estimate of drug-likeness (QED) is 0.814. The van der Waals surface area contributed by atoms with Crippen LogP contribution in [0.1, 0.15) is 43.4 Å². The molecule has 1 unspecified atom stereocenters. The monoisotopic (exact) mass is 305 g/mol. The predicted molar refractivity (Wildman–Crippen MR) is 83.9 cm³/mol. The SMILES string of the molecule is CCCNC(c1cccc(OC2CC2)c1)c1ccoc1Cl. The lowest BCUT2D eigenvalue weighted by Crippen LogP contribution is -2.23. The van der Waals surface area contributed by atoms with Gasteiger partial charge in [0, 0.05) is 5.56 Å². The minimum absolute atomic E-state index is 0.0268. The fraction of sp³-hybridized carbons (Fsp3) is 0.412. The van der Waals surface area contributed by atoms with Gasteiger partial charge in [-0.05, 0) is 61.2 Å². The Kier molecular flexibility index (Phi) is 4.51. The number of nitrogens with one attached hydrogen (secondary N) is 1. The Morgan fingerprint density at radius 1 is 1.38 bits per heavy atom. The van der Waals surface area contributed by atoms with Gasteiger partial charge in [-0.2, -0.15) is 0 Å². The van der Waals surface area contributed by atoms with Crippen molar-refractivity contribution in [2.45, 2.75) is 38.3 Å². The van der Waals surface area contributed by atoms with E-state index in [0.29, 0.717) is 11.3 Å². The van der Waals surface area contributed by atoms with E-state index in [1.807, 2.05) is 18.2 Å². The van der Waals surface area contributed by atoms with E-state index in [1.54, 1.807) is 6.26 Å². The number of halogens is 1. The van der Waals surface area contributed by atoms with Crippen molar-refractivity contribution in [2.75, 3.05) is 6.54 Å². The number of rotatable bonds is 7. The molecular formula is C17H20ClNO2. The minimum Gasteiger partial charge on any atom is -0.490 e. The van der Waals surface area contributed by atoms with E-state index in [0.717, 1.165) is 42.7 Å². The fourth-order valence-corrected chi connectivity index (χ4v) is 2.58. The highest BCUT2D eigenvalue weighted by Crippen LogP contribution is 2.32. The Bertz CT molecular complexity index is 592. The highest BCUT2D eigenvalue weighted by atomic mass is 35.5. The first-order valence-electron chi connectivity index (χ1n) is 7.51. The Morgan fingerprint density at radius 3 is 2.90 bits per heavy atom. The van der Waals surface area contributed by atoms with Crippen LogP contribution >= 0.6 is 11.6 Å². The summed E-state index contributed by atoms with van der Waals surface area (Å²) in [6.07, 6.45) is 5.41. The smallest absolute Gasteiger partial charge is 0.198 e. The molecular weight excluding hydrogens is 286 g/mol. The van der Waals surface area contributed by atoms with Gasteiger partial charge in [0.05, 0.1) is 18.4 Å². The molecule has 0 spiro atoms. The lowest BCUT2D eigenvalue weighted by Gasteiger charge is -2.19. The van der Waals surface area contributed by atoms with E-state index in [9.17, 15) is 0 Å². The van der Waals surface area contributed by atoms with Crippen LogP contribution in [0.4, 0.5) is 0 Å². The minimum atomic E-state index is 0.0268. The zero-order valence-corrected chi connectivity index (χ0v) is 12.9. The van der Waals surface area contributed by atoms with Gasteiger partial charge in [-0.25, -0.2) is 0 Å². The van der Waals surface area contributed by atoms with Crippen molar-refractivity contribution in [2.24, 2.45) is 0 Å². The lowest BCUT2D eigenvalue weighted by molar-refractivity contribution is 0.302. The Labute approximate surface area is 130 Å². The van der Waals surface area contributed by atoms with Gasteiger partial charge in [0.1, 0.15) is 5.75 Å². The molecule has 0 radical (unpaired) electrons. The zero-order chi connectivity index (χ0) is 14.7. The van der Waals surface area contributed by atoms with E-state index in [1.165, 1.54) is 0 Å². The second-order valence-corrected chi connectivity index (χ2v) is 5.77. The lowest BCUT2D eigenvalue weighted by atomic mass is 10.0. The van der Waals surface area contributed by atoms with E-state index >= 15 is 0 Å². The molecule has 1 aliphatic carbocycles. The van der Waals surface area contributed by atoms with Crippen molar-refractivity contribution in [3.8, 4) is 5.75 Å². The zero-order valence-electron chi connectivity index (χ0n) is 12.1. The van der Waals surface area contributed by atoms with Crippen LogP contribution in [0.15, 0.2) is 41.0 Å². The van der Waals surface area contributed by atoms with Crippen LogP contribution in [0.5, 0.6) is 5.75 Å². The van der Waals surface area contributed by atoms with Crippen LogP contribution in [0.25, 0.3) is 0 Å². The molecule has 1 aromatic heterocycles. The maximum absolute atomic E-state index is 6.16. The third-order valence-corrected chi connectivity index (χ3v) is 3.88. The van der Waals surface area contributed by atoms with Gasteiger partial charge in [0.2, 0.25) is 0 Å². The molecule has 1 fully saturated rings. The number of ether oxygens (including phenoxy) is 1. The van der Waals surface area contributed by atoms with Crippen LogP contribution in [0.3, 0.4) is 0 Å². The summed E-state index contributed by atoms with van der Waals surface area (Å²) in [5.74, 6) is 0.929. The Hall–Kier alpha value is -1.45. The highest BCUT2D eigenvalue weighted by Gasteiger charge is 2.24. The molecule has 0 aliphatic heterocycles. The predicted octanol–water partition coefficient (Wildman–Crippen LogP) is 4.56. The van der Waals surface area contributed by atoms with Crippen molar-refractivity contribution in [1.82, 2.24) is 5.32 Å². The van der Waals surface area contributed by atoms with Gasteiger partial charge < -0.3 is 14.5 Å². The van der Waals surface area contributed by atoms with Gasteiger partial charge in [-0.15, -0.1) is 0 Å². The summed E-state index contributed by atoms with van der Waals surface area (Å²) in [7, 11) is 0. The van der Waals surface area contributed by atoms with Gasteiger partial charge in [0.25, 0.3) is 0 Å². The molecule has 1 saturated carbocycles. The van der Waals surface area contributed by atoms with Gasteiger partial charge in [-0.1, -0.05) is 19.1 Å². The summed E-state index contributed by atoms with van der Waals surface area (Å²) >= 11 is 6.16. The molecule has 1 aromatic carbocycles. The Balaban J connectivity index is 1.86. The highest BCUT2D eigenvalue weighted by molar-refractivity contribution is 6.29. The molecule has 112 valence electrons. The summed E-state index contributed by atoms with van der Waals surface area (Å²) in [4.78, 5) is 0. The van der Waals surface area contributed by atoms with Gasteiger partial charge in [-0.3, -0.25) is 0 Å². The number of benzene rings is 1. The van der Waals surface area contributed by atoms with Gasteiger partial charge >= 0.3 is 0 Å². The molecule has 1 atom stereocenters. The average Bonchev–Trinajstić information content (AvgIpc) is 3.20. The molecule has 2 aromatic rings. The van der Waals surface area contributed by atoms with Crippen molar-refractivity contribution in [3.05, 3.63) is 52.9 Å². The van der Waals surface area contributed by atoms with E-state index in [4.69, 9.17) is 20.8 Å². The largest absolute Gasteiger partial charge is 0.490 e. The normalized spacial score (nSPS) is 15.9. The molecule has 1 N–H and O–H groups in total. The Morgan fingerprint density at radius 2 is 2.24 bits per heavy atom. The van der Waals surface area contributed by atoms with Crippen LogP contribution in [-0.4, -0.2) is 12.6 Å². The third kappa shape index (κ3) is 3.60. The average molecular weight is 306 g/mol. The number of furan rings is 1. The summed E-state index contributed by atoms with van der Waals surface area (Å²) < 4.78 is 11.1.